The first kappa shape index (κ1) is 14.0. The lowest BCUT2D eigenvalue weighted by atomic mass is 10.1. The molecule has 0 unspecified atom stereocenters. The van der Waals surface area contributed by atoms with Crippen LogP contribution in [0, 0.1) is 0 Å². The third-order valence-corrected chi connectivity index (χ3v) is 4.33. The van der Waals surface area contributed by atoms with Gasteiger partial charge in [-0.3, -0.25) is 0 Å². The number of para-hydroxylation sites is 1. The van der Waals surface area contributed by atoms with Gasteiger partial charge < -0.3 is 9.67 Å². The van der Waals surface area contributed by atoms with Crippen LogP contribution in [-0.4, -0.2) is 14.7 Å². The number of aliphatic hydroxyl groups excluding tert-OH is 1. The predicted octanol–water partition coefficient (Wildman–Crippen LogP) is 4.37. The zero-order valence-corrected chi connectivity index (χ0v) is 13.0. The molecule has 2 aromatic heterocycles. The lowest BCUT2D eigenvalue weighted by molar-refractivity contribution is 0.277. The molecule has 3 heteroatoms. The average Bonchev–Trinajstić information content (AvgIpc) is 2.95. The minimum atomic E-state index is -0.0542. The van der Waals surface area contributed by atoms with Gasteiger partial charge in [-0.1, -0.05) is 48.5 Å². The van der Waals surface area contributed by atoms with Crippen LogP contribution in [0.2, 0.25) is 0 Å². The van der Waals surface area contributed by atoms with Gasteiger partial charge in [-0.25, -0.2) is 4.98 Å². The summed E-state index contributed by atoms with van der Waals surface area (Å²) in [4.78, 5) is 4.72. The van der Waals surface area contributed by atoms with Crippen molar-refractivity contribution in [1.29, 1.82) is 0 Å². The number of benzene rings is 2. The first-order chi connectivity index (χ1) is 11.3. The molecule has 0 saturated carbocycles. The fraction of sp³-hybridized carbons (Fsp3) is 0.150. The Bertz CT molecular complexity index is 987. The van der Waals surface area contributed by atoms with Gasteiger partial charge in [0, 0.05) is 28.4 Å². The fourth-order valence-corrected chi connectivity index (χ4v) is 3.33. The van der Waals surface area contributed by atoms with E-state index >= 15 is 0 Å². The third kappa shape index (κ3) is 2.13. The average molecular weight is 302 g/mol. The minimum Gasteiger partial charge on any atom is -0.390 e. The van der Waals surface area contributed by atoms with Gasteiger partial charge in [-0.15, -0.1) is 0 Å². The van der Waals surface area contributed by atoms with Gasteiger partial charge in [0.15, 0.2) is 0 Å². The van der Waals surface area contributed by atoms with Crippen molar-refractivity contribution in [3.63, 3.8) is 0 Å². The summed E-state index contributed by atoms with van der Waals surface area (Å²) >= 11 is 0. The molecule has 0 aliphatic carbocycles. The first-order valence-electron chi connectivity index (χ1n) is 7.90. The first-order valence-corrected chi connectivity index (χ1v) is 7.90. The number of pyridine rings is 1. The van der Waals surface area contributed by atoms with Crippen LogP contribution in [0.1, 0.15) is 12.6 Å². The quantitative estimate of drug-likeness (QED) is 0.610. The largest absolute Gasteiger partial charge is 0.390 e. The van der Waals surface area contributed by atoms with Gasteiger partial charge in [0.2, 0.25) is 0 Å². The molecule has 0 spiro atoms. The van der Waals surface area contributed by atoms with E-state index in [1.165, 1.54) is 10.9 Å². The Balaban J connectivity index is 2.21. The molecule has 0 aliphatic heterocycles. The molecular weight excluding hydrogens is 284 g/mol. The third-order valence-electron chi connectivity index (χ3n) is 4.33. The van der Waals surface area contributed by atoms with Crippen LogP contribution >= 0.6 is 0 Å². The van der Waals surface area contributed by atoms with Crippen LogP contribution < -0.4 is 0 Å². The van der Waals surface area contributed by atoms with E-state index in [4.69, 9.17) is 4.98 Å². The molecule has 0 saturated heterocycles. The summed E-state index contributed by atoms with van der Waals surface area (Å²) < 4.78 is 2.31. The molecule has 1 N–H and O–H groups in total. The molecule has 0 aliphatic rings. The van der Waals surface area contributed by atoms with Gasteiger partial charge in [0.1, 0.15) is 0 Å². The van der Waals surface area contributed by atoms with Crippen molar-refractivity contribution in [2.45, 2.75) is 20.1 Å². The second-order valence-corrected chi connectivity index (χ2v) is 5.64. The summed E-state index contributed by atoms with van der Waals surface area (Å²) in [6, 6.07) is 20.6. The van der Waals surface area contributed by atoms with Crippen molar-refractivity contribution < 1.29 is 5.11 Å². The van der Waals surface area contributed by atoms with Gasteiger partial charge >= 0.3 is 0 Å². The molecule has 3 nitrogen and oxygen atoms in total. The molecule has 2 aromatic carbocycles. The Labute approximate surface area is 134 Å². The van der Waals surface area contributed by atoms with E-state index in [1.807, 2.05) is 24.3 Å². The molecule has 4 rings (SSSR count). The minimum absolute atomic E-state index is 0.0542. The molecule has 2 heterocycles. The van der Waals surface area contributed by atoms with Crippen molar-refractivity contribution in [2.75, 3.05) is 0 Å². The Morgan fingerprint density at radius 1 is 0.957 bits per heavy atom. The number of aryl methyl sites for hydroxylation is 1. The highest BCUT2D eigenvalue weighted by Crippen LogP contribution is 2.35. The zero-order valence-electron chi connectivity index (χ0n) is 13.0. The number of aromatic nitrogens is 2. The van der Waals surface area contributed by atoms with Gasteiger partial charge in [-0.05, 0) is 19.1 Å². The maximum atomic E-state index is 9.64. The van der Waals surface area contributed by atoms with E-state index in [9.17, 15) is 5.11 Å². The van der Waals surface area contributed by atoms with Crippen LogP contribution in [0.15, 0.2) is 60.7 Å². The normalized spacial score (nSPS) is 11.4. The summed E-state index contributed by atoms with van der Waals surface area (Å²) in [5.74, 6) is 0. The number of nitrogens with zero attached hydrogens (tertiary/aromatic N) is 2. The summed E-state index contributed by atoms with van der Waals surface area (Å²) in [7, 11) is 0. The lowest BCUT2D eigenvalue weighted by Crippen LogP contribution is -1.99. The van der Waals surface area contributed by atoms with Gasteiger partial charge in [-0.2, -0.15) is 0 Å². The van der Waals surface area contributed by atoms with Crippen molar-refractivity contribution in [3.8, 4) is 11.3 Å². The number of aliphatic hydroxyl groups is 1. The highest BCUT2D eigenvalue weighted by molar-refractivity contribution is 6.12. The van der Waals surface area contributed by atoms with E-state index in [0.717, 1.165) is 28.7 Å². The Hall–Kier alpha value is -2.65. The smallest absolute Gasteiger partial charge is 0.0949 e. The van der Waals surface area contributed by atoms with E-state index in [-0.39, 0.29) is 6.61 Å². The van der Waals surface area contributed by atoms with E-state index in [0.29, 0.717) is 5.69 Å². The molecule has 0 radical (unpaired) electrons. The number of fused-ring (bicyclic) bond motifs is 3. The Kier molecular flexibility index (Phi) is 3.36. The SMILES string of the molecule is CCn1c2ccccc2c2cc(CO)nc(-c3ccccc3)c21. The molecule has 114 valence electrons. The molecule has 0 atom stereocenters. The van der Waals surface area contributed by atoms with E-state index in [1.54, 1.807) is 0 Å². The maximum absolute atomic E-state index is 9.64. The highest BCUT2D eigenvalue weighted by atomic mass is 16.3. The number of hydrogen-bond donors (Lipinski definition) is 1. The molecular formula is C20H18N2O. The molecule has 0 fully saturated rings. The van der Waals surface area contributed by atoms with E-state index < -0.39 is 0 Å². The van der Waals surface area contributed by atoms with Crippen LogP contribution in [0.25, 0.3) is 33.1 Å². The van der Waals surface area contributed by atoms with Crippen LogP contribution in [0.4, 0.5) is 0 Å². The van der Waals surface area contributed by atoms with Crippen LogP contribution in [-0.2, 0) is 13.2 Å². The number of hydrogen-bond acceptors (Lipinski definition) is 2. The van der Waals surface area contributed by atoms with Crippen molar-refractivity contribution >= 4 is 21.8 Å². The number of rotatable bonds is 3. The standard InChI is InChI=1S/C20H18N2O/c1-2-22-18-11-7-6-10-16(18)17-12-15(13-23)21-19(20(17)22)14-8-4-3-5-9-14/h3-12,23H,2,13H2,1H3. The van der Waals surface area contributed by atoms with Crippen molar-refractivity contribution in [3.05, 3.63) is 66.4 Å². The monoisotopic (exact) mass is 302 g/mol. The van der Waals surface area contributed by atoms with Crippen LogP contribution in [0.5, 0.6) is 0 Å². The zero-order chi connectivity index (χ0) is 15.8. The summed E-state index contributed by atoms with van der Waals surface area (Å²) in [5, 5.41) is 12.0. The summed E-state index contributed by atoms with van der Waals surface area (Å²) in [6.45, 7) is 2.98. The summed E-state index contributed by atoms with van der Waals surface area (Å²) in [6.07, 6.45) is 0. The Morgan fingerprint density at radius 2 is 1.70 bits per heavy atom. The van der Waals surface area contributed by atoms with Crippen molar-refractivity contribution in [1.82, 2.24) is 9.55 Å². The van der Waals surface area contributed by atoms with Gasteiger partial charge in [0.05, 0.1) is 23.5 Å². The topological polar surface area (TPSA) is 38.0 Å². The predicted molar refractivity (Wildman–Crippen MR) is 94.3 cm³/mol. The van der Waals surface area contributed by atoms with Crippen molar-refractivity contribution in [2.24, 2.45) is 0 Å². The molecule has 4 aromatic rings. The molecule has 0 amide bonds. The van der Waals surface area contributed by atoms with Crippen LogP contribution in [0.3, 0.4) is 0 Å². The Morgan fingerprint density at radius 3 is 2.43 bits per heavy atom. The fourth-order valence-electron chi connectivity index (χ4n) is 3.33. The highest BCUT2D eigenvalue weighted by Gasteiger charge is 2.16. The second-order valence-electron chi connectivity index (χ2n) is 5.64. The second kappa shape index (κ2) is 5.52. The molecule has 23 heavy (non-hydrogen) atoms. The lowest BCUT2D eigenvalue weighted by Gasteiger charge is -2.10. The maximum Gasteiger partial charge on any atom is 0.0949 e. The molecule has 0 bridgehead atoms. The van der Waals surface area contributed by atoms with Gasteiger partial charge in [0.25, 0.3) is 0 Å². The summed E-state index contributed by atoms with van der Waals surface area (Å²) in [5.41, 5.74) is 5.06. The van der Waals surface area contributed by atoms with E-state index in [2.05, 4.69) is 47.9 Å².